The average Bonchev–Trinajstić information content (AvgIpc) is 2.71. The van der Waals surface area contributed by atoms with E-state index >= 15 is 0 Å². The molecule has 0 unspecified atom stereocenters. The number of nitrogens with one attached hydrogen (secondary N) is 1. The van der Waals surface area contributed by atoms with Crippen LogP contribution in [0.5, 0.6) is 0 Å². The van der Waals surface area contributed by atoms with Crippen LogP contribution in [0.25, 0.3) is 11.3 Å². The number of amides is 1. The predicted molar refractivity (Wildman–Crippen MR) is 52.1 cm³/mol. The Hall–Kier alpha value is -2.44. The van der Waals surface area contributed by atoms with E-state index in [2.05, 4.69) is 20.1 Å². The highest BCUT2D eigenvalue weighted by Gasteiger charge is 2.26. The third-order valence-corrected chi connectivity index (χ3v) is 1.99. The Bertz CT molecular complexity index is 509. The van der Waals surface area contributed by atoms with Crippen LogP contribution in [0.1, 0.15) is 10.5 Å². The van der Waals surface area contributed by atoms with Crippen molar-refractivity contribution in [3.63, 3.8) is 0 Å². The number of carbonyl (C=O) groups excluding carboxylic acids is 1. The first-order valence-corrected chi connectivity index (χ1v) is 4.46. The van der Waals surface area contributed by atoms with E-state index in [-0.39, 0.29) is 16.3 Å². The summed E-state index contributed by atoms with van der Waals surface area (Å²) in [5.74, 6) is -0.560. The van der Waals surface area contributed by atoms with E-state index in [0.29, 0.717) is 5.56 Å². The molecule has 0 aliphatic heterocycles. The van der Waals surface area contributed by atoms with Gasteiger partial charge in [0.15, 0.2) is 0 Å². The van der Waals surface area contributed by atoms with Gasteiger partial charge in [0, 0.05) is 24.6 Å². The van der Waals surface area contributed by atoms with Gasteiger partial charge < -0.3 is 10.5 Å². The Balaban J connectivity index is 2.55. The van der Waals surface area contributed by atoms with Gasteiger partial charge in [0.05, 0.1) is 5.56 Å². The minimum atomic E-state index is -0.560. The highest BCUT2D eigenvalue weighted by Crippen LogP contribution is 2.17. The first-order chi connectivity index (χ1) is 7.74. The number of aromatic nitrogens is 3. The molecule has 2 heterocycles. The summed E-state index contributed by atoms with van der Waals surface area (Å²) in [4.78, 5) is 15.4. The van der Waals surface area contributed by atoms with Gasteiger partial charge in [0.1, 0.15) is 0 Å². The van der Waals surface area contributed by atoms with E-state index in [1.54, 1.807) is 18.3 Å². The lowest BCUT2D eigenvalue weighted by Gasteiger charge is -1.96. The minimum absolute atomic E-state index is 0.0706. The molecule has 0 aliphatic rings. The van der Waals surface area contributed by atoms with Crippen molar-refractivity contribution in [2.75, 3.05) is 7.05 Å². The second-order valence-electron chi connectivity index (χ2n) is 2.95. The maximum atomic E-state index is 11.4. The molecule has 0 radical (unpaired) electrons. The van der Waals surface area contributed by atoms with Crippen molar-refractivity contribution >= 4 is 5.91 Å². The zero-order valence-electron chi connectivity index (χ0n) is 8.38. The van der Waals surface area contributed by atoms with Gasteiger partial charge >= 0.3 is 0 Å². The van der Waals surface area contributed by atoms with E-state index in [1.165, 1.54) is 13.2 Å². The minimum Gasteiger partial charge on any atom is -0.359 e. The molecule has 0 saturated carbocycles. The van der Waals surface area contributed by atoms with Crippen LogP contribution >= 0.6 is 0 Å². The molecule has 82 valence electrons. The molecule has 2 aromatic heterocycles. The van der Waals surface area contributed by atoms with Crippen molar-refractivity contribution in [2.24, 2.45) is 0 Å². The number of hydrogen-bond acceptors (Lipinski definition) is 5. The highest BCUT2D eigenvalue weighted by molar-refractivity contribution is 5.96. The van der Waals surface area contributed by atoms with Gasteiger partial charge in [-0.1, -0.05) is 0 Å². The van der Waals surface area contributed by atoms with E-state index in [4.69, 9.17) is 0 Å². The summed E-state index contributed by atoms with van der Waals surface area (Å²) in [6.07, 6.45) is 3.07. The molecule has 16 heavy (non-hydrogen) atoms. The normalized spacial score (nSPS) is 10.1. The summed E-state index contributed by atoms with van der Waals surface area (Å²) in [7, 11) is 1.42. The molecule has 0 aliphatic carbocycles. The SMILES string of the molecule is CNC(=O)c1c(-c2cccnc2)no[n+]1[O-]. The van der Waals surface area contributed by atoms with E-state index in [0.717, 1.165) is 0 Å². The zero-order valence-corrected chi connectivity index (χ0v) is 8.38. The van der Waals surface area contributed by atoms with Gasteiger partial charge in [0.2, 0.25) is 0 Å². The van der Waals surface area contributed by atoms with Gasteiger partial charge in [-0.25, -0.2) is 0 Å². The van der Waals surface area contributed by atoms with Crippen molar-refractivity contribution in [1.82, 2.24) is 15.5 Å². The Morgan fingerprint density at radius 1 is 1.62 bits per heavy atom. The lowest BCUT2D eigenvalue weighted by molar-refractivity contribution is -0.803. The van der Waals surface area contributed by atoms with Gasteiger partial charge in [-0.15, -0.1) is 0 Å². The van der Waals surface area contributed by atoms with Gasteiger partial charge in [-0.05, 0) is 17.0 Å². The molecule has 0 atom stereocenters. The van der Waals surface area contributed by atoms with E-state index in [1.807, 2.05) is 0 Å². The lowest BCUT2D eigenvalue weighted by atomic mass is 10.1. The topological polar surface area (TPSA) is 95.0 Å². The number of rotatable bonds is 2. The summed E-state index contributed by atoms with van der Waals surface area (Å²) in [5.41, 5.74) is 0.525. The first kappa shape index (κ1) is 10.1. The molecule has 0 saturated heterocycles. The maximum Gasteiger partial charge on any atom is 0.300 e. The molecular formula is C9H8N4O3. The van der Waals surface area contributed by atoms with Gasteiger partial charge in [-0.3, -0.25) is 14.4 Å². The second-order valence-corrected chi connectivity index (χ2v) is 2.95. The number of carbonyl (C=O) groups is 1. The van der Waals surface area contributed by atoms with Gasteiger partial charge in [-0.2, -0.15) is 0 Å². The molecule has 0 fully saturated rings. The van der Waals surface area contributed by atoms with Crippen LogP contribution in [0.3, 0.4) is 0 Å². The third-order valence-electron chi connectivity index (χ3n) is 1.99. The molecular weight excluding hydrogens is 212 g/mol. The summed E-state index contributed by atoms with van der Waals surface area (Å²) in [6.45, 7) is 0. The highest BCUT2D eigenvalue weighted by atomic mass is 16.8. The Kier molecular flexibility index (Phi) is 2.50. The zero-order chi connectivity index (χ0) is 11.5. The molecule has 2 aromatic rings. The van der Waals surface area contributed by atoms with Crippen molar-refractivity contribution in [2.45, 2.75) is 0 Å². The fraction of sp³-hybridized carbons (Fsp3) is 0.111. The summed E-state index contributed by atoms with van der Waals surface area (Å²) >= 11 is 0. The summed E-state index contributed by atoms with van der Waals surface area (Å²) < 4.78 is 4.40. The largest absolute Gasteiger partial charge is 0.359 e. The molecule has 0 spiro atoms. The molecule has 7 heteroatoms. The predicted octanol–water partition coefficient (Wildman–Crippen LogP) is -0.270. The van der Waals surface area contributed by atoms with E-state index < -0.39 is 5.91 Å². The third kappa shape index (κ3) is 1.58. The molecule has 0 bridgehead atoms. The summed E-state index contributed by atoms with van der Waals surface area (Å²) in [5, 5.41) is 17.1. The van der Waals surface area contributed by atoms with Crippen LogP contribution in [-0.2, 0) is 0 Å². The molecule has 7 nitrogen and oxygen atoms in total. The van der Waals surface area contributed by atoms with Crippen LogP contribution in [0.15, 0.2) is 29.2 Å². The van der Waals surface area contributed by atoms with Crippen LogP contribution in [0.4, 0.5) is 0 Å². The van der Waals surface area contributed by atoms with Crippen molar-refractivity contribution in [3.8, 4) is 11.3 Å². The van der Waals surface area contributed by atoms with Crippen LogP contribution < -0.4 is 10.2 Å². The van der Waals surface area contributed by atoms with E-state index in [9.17, 15) is 10.0 Å². The Labute approximate surface area is 90.2 Å². The number of nitrogens with zero attached hydrogens (tertiary/aromatic N) is 3. The first-order valence-electron chi connectivity index (χ1n) is 4.46. The molecule has 1 N–H and O–H groups in total. The fourth-order valence-corrected chi connectivity index (χ4v) is 1.25. The number of hydrogen-bond donors (Lipinski definition) is 1. The van der Waals surface area contributed by atoms with Gasteiger partial charge in [0.25, 0.3) is 17.3 Å². The summed E-state index contributed by atoms with van der Waals surface area (Å²) in [6, 6.07) is 3.35. The molecule has 2 rings (SSSR count). The van der Waals surface area contributed by atoms with Crippen LogP contribution in [-0.4, -0.2) is 23.1 Å². The van der Waals surface area contributed by atoms with Crippen LogP contribution in [0.2, 0.25) is 0 Å². The van der Waals surface area contributed by atoms with Crippen molar-refractivity contribution < 1.29 is 14.3 Å². The van der Waals surface area contributed by atoms with Crippen molar-refractivity contribution in [3.05, 3.63) is 35.4 Å². The standard InChI is InChI=1S/C9H8N4O3/c1-10-9(14)8-7(12-16-13(8)15)6-3-2-4-11-5-6/h2-5H,1H3,(H,10,14). The number of pyridine rings is 1. The lowest BCUT2D eigenvalue weighted by Crippen LogP contribution is -2.36. The quantitative estimate of drug-likeness (QED) is 0.703. The monoisotopic (exact) mass is 220 g/mol. The Morgan fingerprint density at radius 3 is 3.06 bits per heavy atom. The average molecular weight is 220 g/mol. The smallest absolute Gasteiger partial charge is 0.300 e. The molecule has 0 aromatic carbocycles. The second kappa shape index (κ2) is 3.97. The Morgan fingerprint density at radius 2 is 2.44 bits per heavy atom. The fourth-order valence-electron chi connectivity index (χ4n) is 1.25. The van der Waals surface area contributed by atoms with Crippen LogP contribution in [0, 0.1) is 5.21 Å². The molecule has 1 amide bonds. The van der Waals surface area contributed by atoms with Crippen molar-refractivity contribution in [1.29, 1.82) is 0 Å². The maximum absolute atomic E-state index is 11.4.